The van der Waals surface area contributed by atoms with Gasteiger partial charge in [0.2, 0.25) is 0 Å². The number of hydrogen-bond donors (Lipinski definition) is 1. The molecule has 1 amide bonds. The van der Waals surface area contributed by atoms with Gasteiger partial charge in [-0.25, -0.2) is 0 Å². The Morgan fingerprint density at radius 3 is 2.25 bits per heavy atom. The molecule has 1 N–H and O–H groups in total. The predicted molar refractivity (Wildman–Crippen MR) is 159 cm³/mol. The van der Waals surface area contributed by atoms with Gasteiger partial charge in [0.25, 0.3) is 11.7 Å². The second-order valence-corrected chi connectivity index (χ2v) is 11.6. The Labute approximate surface area is 237 Å². The van der Waals surface area contributed by atoms with Crippen LogP contribution in [0.25, 0.3) is 5.76 Å². The monoisotopic (exact) mass is 541 g/mol. The molecule has 40 heavy (non-hydrogen) atoms. The molecule has 0 saturated carbocycles. The van der Waals surface area contributed by atoms with E-state index < -0.39 is 17.7 Å². The van der Waals surface area contributed by atoms with Crippen molar-refractivity contribution < 1.29 is 24.2 Å². The van der Waals surface area contributed by atoms with Crippen LogP contribution < -0.4 is 14.4 Å². The van der Waals surface area contributed by atoms with Crippen molar-refractivity contribution in [2.45, 2.75) is 73.0 Å². The maximum Gasteiger partial charge on any atom is 0.300 e. The van der Waals surface area contributed by atoms with Crippen LogP contribution in [0.15, 0.2) is 66.2 Å². The lowest BCUT2D eigenvalue weighted by molar-refractivity contribution is -0.132. The number of anilines is 1. The minimum Gasteiger partial charge on any atom is -0.507 e. The SMILES string of the molecule is CCOc1ccc(/C(O)=C2\C(=O)C(=O)N(c3cc(C)cc(C)c3)C2c2cccc(OC(C)C)c2)cc1C(C)(C)C. The topological polar surface area (TPSA) is 76.1 Å². The number of nitrogens with zero attached hydrogens (tertiary/aromatic N) is 1. The van der Waals surface area contributed by atoms with Gasteiger partial charge in [0, 0.05) is 16.8 Å². The van der Waals surface area contributed by atoms with E-state index in [0.29, 0.717) is 29.2 Å². The summed E-state index contributed by atoms with van der Waals surface area (Å²) in [6, 6.07) is 17.7. The van der Waals surface area contributed by atoms with Crippen molar-refractivity contribution in [2.75, 3.05) is 11.5 Å². The zero-order valence-electron chi connectivity index (χ0n) is 24.7. The Balaban J connectivity index is 1.97. The summed E-state index contributed by atoms with van der Waals surface area (Å²) in [7, 11) is 0. The Bertz CT molecular complexity index is 1460. The molecular formula is C34H39NO5. The first-order chi connectivity index (χ1) is 18.8. The fraction of sp³-hybridized carbons (Fsp3) is 0.353. The molecule has 0 aromatic heterocycles. The average molecular weight is 542 g/mol. The van der Waals surface area contributed by atoms with Crippen molar-refractivity contribution in [3.8, 4) is 11.5 Å². The van der Waals surface area contributed by atoms with Crippen molar-refractivity contribution in [3.63, 3.8) is 0 Å². The van der Waals surface area contributed by atoms with Crippen molar-refractivity contribution in [2.24, 2.45) is 0 Å². The molecule has 1 unspecified atom stereocenters. The second kappa shape index (κ2) is 11.2. The molecule has 0 radical (unpaired) electrons. The van der Waals surface area contributed by atoms with E-state index in [0.717, 1.165) is 22.4 Å². The minimum absolute atomic E-state index is 0.0369. The zero-order valence-corrected chi connectivity index (χ0v) is 24.7. The van der Waals surface area contributed by atoms with Crippen LogP contribution in [-0.4, -0.2) is 29.5 Å². The smallest absolute Gasteiger partial charge is 0.300 e. The Morgan fingerprint density at radius 2 is 1.65 bits per heavy atom. The van der Waals surface area contributed by atoms with Gasteiger partial charge in [0.15, 0.2) is 0 Å². The predicted octanol–water partition coefficient (Wildman–Crippen LogP) is 7.41. The number of ketones is 1. The van der Waals surface area contributed by atoms with Crippen LogP contribution in [0.1, 0.15) is 75.4 Å². The average Bonchev–Trinajstić information content (AvgIpc) is 3.13. The van der Waals surface area contributed by atoms with Crippen LogP contribution in [0.3, 0.4) is 0 Å². The van der Waals surface area contributed by atoms with Gasteiger partial charge in [-0.2, -0.15) is 0 Å². The van der Waals surface area contributed by atoms with Gasteiger partial charge in [-0.15, -0.1) is 0 Å². The zero-order chi connectivity index (χ0) is 29.4. The van der Waals surface area contributed by atoms with Crippen LogP contribution >= 0.6 is 0 Å². The van der Waals surface area contributed by atoms with Crippen molar-refractivity contribution >= 4 is 23.1 Å². The summed E-state index contributed by atoms with van der Waals surface area (Å²) in [6.45, 7) is 16.4. The van der Waals surface area contributed by atoms with Crippen LogP contribution in [0.5, 0.6) is 11.5 Å². The molecule has 0 aliphatic carbocycles. The van der Waals surface area contributed by atoms with Crippen LogP contribution in [0.2, 0.25) is 0 Å². The van der Waals surface area contributed by atoms with E-state index in [9.17, 15) is 14.7 Å². The lowest BCUT2D eigenvalue weighted by Gasteiger charge is -2.27. The van der Waals surface area contributed by atoms with Gasteiger partial charge in [-0.3, -0.25) is 14.5 Å². The molecule has 3 aromatic carbocycles. The largest absolute Gasteiger partial charge is 0.507 e. The number of benzene rings is 3. The normalized spacial score (nSPS) is 17.0. The van der Waals surface area contributed by atoms with Crippen LogP contribution in [0, 0.1) is 13.8 Å². The molecule has 0 bridgehead atoms. The molecule has 1 aliphatic rings. The number of aliphatic hydroxyl groups excluding tert-OH is 1. The molecule has 1 fully saturated rings. The highest BCUT2D eigenvalue weighted by atomic mass is 16.5. The lowest BCUT2D eigenvalue weighted by atomic mass is 9.84. The van der Waals surface area contributed by atoms with Gasteiger partial charge in [0.05, 0.1) is 24.3 Å². The number of ether oxygens (including phenoxy) is 2. The maximum absolute atomic E-state index is 13.7. The van der Waals surface area contributed by atoms with Crippen molar-refractivity contribution in [3.05, 3.63) is 94.1 Å². The molecule has 6 nitrogen and oxygen atoms in total. The molecule has 4 rings (SSSR count). The van der Waals surface area contributed by atoms with Gasteiger partial charge in [0.1, 0.15) is 17.3 Å². The van der Waals surface area contributed by atoms with Crippen LogP contribution in [-0.2, 0) is 15.0 Å². The summed E-state index contributed by atoms with van der Waals surface area (Å²) in [5.74, 6) is -0.303. The van der Waals surface area contributed by atoms with Gasteiger partial charge < -0.3 is 14.6 Å². The highest BCUT2D eigenvalue weighted by Crippen LogP contribution is 2.44. The van der Waals surface area contributed by atoms with E-state index in [-0.39, 0.29) is 22.9 Å². The molecule has 210 valence electrons. The lowest BCUT2D eigenvalue weighted by Crippen LogP contribution is -2.29. The third kappa shape index (κ3) is 5.76. The van der Waals surface area contributed by atoms with E-state index in [1.165, 1.54) is 4.90 Å². The first-order valence-electron chi connectivity index (χ1n) is 13.8. The standard InChI is InChI=1S/C34H39NO5/c1-9-39-28-14-13-24(19-27(28)34(6,7)8)31(36)29-30(23-11-10-12-26(18-23)40-20(2)3)35(33(38)32(29)37)25-16-21(4)15-22(5)17-25/h10-20,30,36H,9H2,1-8H3/b31-29+. The summed E-state index contributed by atoms with van der Waals surface area (Å²) >= 11 is 0. The molecule has 0 spiro atoms. The number of carbonyl (C=O) groups excluding carboxylic acids is 2. The number of aryl methyl sites for hydroxylation is 2. The van der Waals surface area contributed by atoms with E-state index in [4.69, 9.17) is 9.47 Å². The van der Waals surface area contributed by atoms with Gasteiger partial charge >= 0.3 is 0 Å². The molecule has 1 heterocycles. The second-order valence-electron chi connectivity index (χ2n) is 11.6. The van der Waals surface area contributed by atoms with Crippen molar-refractivity contribution in [1.82, 2.24) is 0 Å². The Hall–Kier alpha value is -4.06. The number of amides is 1. The number of Topliss-reactive ketones (excluding diaryl/α,β-unsaturated/α-hetero) is 1. The molecule has 1 aliphatic heterocycles. The Kier molecular flexibility index (Phi) is 8.10. The fourth-order valence-electron chi connectivity index (χ4n) is 5.23. The van der Waals surface area contributed by atoms with Crippen molar-refractivity contribution in [1.29, 1.82) is 0 Å². The molecule has 3 aromatic rings. The number of carbonyl (C=O) groups is 2. The Morgan fingerprint density at radius 1 is 0.975 bits per heavy atom. The maximum atomic E-state index is 13.7. The highest BCUT2D eigenvalue weighted by Gasteiger charge is 2.47. The summed E-state index contributed by atoms with van der Waals surface area (Å²) < 4.78 is 11.8. The van der Waals surface area contributed by atoms with Gasteiger partial charge in [-0.1, -0.05) is 39.0 Å². The quantitative estimate of drug-likeness (QED) is 0.191. The summed E-state index contributed by atoms with van der Waals surface area (Å²) in [6.07, 6.45) is -0.0549. The number of rotatable bonds is 7. The third-order valence-electron chi connectivity index (χ3n) is 6.84. The molecular weight excluding hydrogens is 502 g/mol. The summed E-state index contributed by atoms with van der Waals surface area (Å²) in [5, 5.41) is 11.7. The number of hydrogen-bond acceptors (Lipinski definition) is 5. The highest BCUT2D eigenvalue weighted by molar-refractivity contribution is 6.51. The molecule has 1 atom stereocenters. The van der Waals surface area contributed by atoms with E-state index in [2.05, 4.69) is 20.8 Å². The minimum atomic E-state index is -0.846. The van der Waals surface area contributed by atoms with E-state index >= 15 is 0 Å². The van der Waals surface area contributed by atoms with E-state index in [1.807, 2.05) is 89.2 Å². The molecule has 6 heteroatoms. The first-order valence-corrected chi connectivity index (χ1v) is 13.8. The van der Waals surface area contributed by atoms with E-state index in [1.54, 1.807) is 6.07 Å². The number of aliphatic hydroxyl groups is 1. The van der Waals surface area contributed by atoms with Gasteiger partial charge in [-0.05, 0) is 99.2 Å². The van der Waals surface area contributed by atoms with Crippen LogP contribution in [0.4, 0.5) is 5.69 Å². The molecule has 1 saturated heterocycles. The first kappa shape index (κ1) is 28.9. The third-order valence-corrected chi connectivity index (χ3v) is 6.84. The summed E-state index contributed by atoms with van der Waals surface area (Å²) in [5.41, 5.74) is 4.30. The summed E-state index contributed by atoms with van der Waals surface area (Å²) in [4.78, 5) is 28.9. The fourth-order valence-corrected chi connectivity index (χ4v) is 5.23.